The number of benzene rings is 1. The van der Waals surface area contributed by atoms with Crippen molar-refractivity contribution in [3.05, 3.63) is 28.8 Å². The van der Waals surface area contributed by atoms with Crippen LogP contribution in [0.2, 0.25) is 0 Å². The van der Waals surface area contributed by atoms with Crippen molar-refractivity contribution in [2.45, 2.75) is 26.7 Å². The molecule has 2 rings (SSSR count). The molecule has 86 valence electrons. The van der Waals surface area contributed by atoms with E-state index in [0.29, 0.717) is 5.78 Å². The van der Waals surface area contributed by atoms with Crippen molar-refractivity contribution < 1.29 is 4.79 Å². The number of Topliss-reactive ketones (excluding diaryl/α,β-unsaturated/α-hetero) is 1. The SMILES string of the molecule is CCC1Cc2cc(N(C)C)c(C)cc2C1=O. The molecule has 0 saturated carbocycles. The summed E-state index contributed by atoms with van der Waals surface area (Å²) in [4.78, 5) is 14.2. The van der Waals surface area contributed by atoms with Gasteiger partial charge in [-0.1, -0.05) is 6.92 Å². The number of aryl methyl sites for hydroxylation is 1. The number of hydrogen-bond donors (Lipinski definition) is 0. The molecule has 0 spiro atoms. The molecule has 0 bridgehead atoms. The predicted octanol–water partition coefficient (Wildman–Crippen LogP) is 2.83. The van der Waals surface area contributed by atoms with Gasteiger partial charge in [-0.15, -0.1) is 0 Å². The molecule has 0 aromatic heterocycles. The van der Waals surface area contributed by atoms with Gasteiger partial charge in [0.2, 0.25) is 0 Å². The van der Waals surface area contributed by atoms with E-state index in [1.165, 1.54) is 16.8 Å². The fourth-order valence-corrected chi connectivity index (χ4v) is 2.53. The summed E-state index contributed by atoms with van der Waals surface area (Å²) >= 11 is 0. The number of rotatable bonds is 2. The monoisotopic (exact) mass is 217 g/mol. The van der Waals surface area contributed by atoms with Crippen LogP contribution in [0.15, 0.2) is 12.1 Å². The summed E-state index contributed by atoms with van der Waals surface area (Å²) in [5.74, 6) is 0.553. The number of nitrogens with zero attached hydrogens (tertiary/aromatic N) is 1. The van der Waals surface area contributed by atoms with Gasteiger partial charge in [0.1, 0.15) is 0 Å². The molecule has 1 atom stereocenters. The number of anilines is 1. The van der Waals surface area contributed by atoms with E-state index >= 15 is 0 Å². The third-order valence-electron chi connectivity index (χ3n) is 3.50. The number of carbonyl (C=O) groups excluding carboxylic acids is 1. The van der Waals surface area contributed by atoms with Crippen LogP contribution in [0.1, 0.15) is 34.8 Å². The Balaban J connectivity index is 2.48. The zero-order chi connectivity index (χ0) is 11.9. The molecule has 0 heterocycles. The van der Waals surface area contributed by atoms with E-state index in [1.807, 2.05) is 14.1 Å². The third-order valence-corrected chi connectivity index (χ3v) is 3.50. The highest BCUT2D eigenvalue weighted by molar-refractivity contribution is 6.02. The van der Waals surface area contributed by atoms with Crippen LogP contribution in [-0.2, 0) is 6.42 Å². The molecule has 2 heteroatoms. The molecule has 0 radical (unpaired) electrons. The lowest BCUT2D eigenvalue weighted by Crippen LogP contribution is -2.11. The van der Waals surface area contributed by atoms with E-state index in [4.69, 9.17) is 0 Å². The van der Waals surface area contributed by atoms with Crippen LogP contribution in [0.3, 0.4) is 0 Å². The first-order chi connectivity index (χ1) is 7.54. The highest BCUT2D eigenvalue weighted by atomic mass is 16.1. The van der Waals surface area contributed by atoms with E-state index in [1.54, 1.807) is 0 Å². The first-order valence-corrected chi connectivity index (χ1v) is 5.89. The van der Waals surface area contributed by atoms with Crippen molar-refractivity contribution in [2.75, 3.05) is 19.0 Å². The average molecular weight is 217 g/mol. The summed E-state index contributed by atoms with van der Waals surface area (Å²) in [6.07, 6.45) is 1.87. The highest BCUT2D eigenvalue weighted by Crippen LogP contribution is 2.33. The van der Waals surface area contributed by atoms with Crippen molar-refractivity contribution in [3.8, 4) is 0 Å². The summed E-state index contributed by atoms with van der Waals surface area (Å²) in [6, 6.07) is 4.24. The molecule has 0 aliphatic heterocycles. The lowest BCUT2D eigenvalue weighted by Gasteiger charge is -2.16. The van der Waals surface area contributed by atoms with Crippen molar-refractivity contribution in [3.63, 3.8) is 0 Å². The van der Waals surface area contributed by atoms with Gasteiger partial charge in [-0.25, -0.2) is 0 Å². The lowest BCUT2D eigenvalue weighted by atomic mass is 10.0. The Labute approximate surface area is 97.3 Å². The van der Waals surface area contributed by atoms with E-state index < -0.39 is 0 Å². The average Bonchev–Trinajstić information content (AvgIpc) is 2.54. The van der Waals surface area contributed by atoms with Crippen molar-refractivity contribution in [1.82, 2.24) is 0 Å². The van der Waals surface area contributed by atoms with E-state index in [0.717, 1.165) is 18.4 Å². The van der Waals surface area contributed by atoms with Crippen LogP contribution in [0.5, 0.6) is 0 Å². The Morgan fingerprint density at radius 2 is 2.06 bits per heavy atom. The normalized spacial score (nSPS) is 18.8. The molecule has 0 saturated heterocycles. The Morgan fingerprint density at radius 3 is 2.62 bits per heavy atom. The second-order valence-corrected chi connectivity index (χ2v) is 4.86. The van der Waals surface area contributed by atoms with Crippen LogP contribution >= 0.6 is 0 Å². The molecule has 1 aliphatic carbocycles. The zero-order valence-corrected chi connectivity index (χ0v) is 10.5. The molecule has 0 amide bonds. The summed E-state index contributed by atoms with van der Waals surface area (Å²) in [7, 11) is 4.09. The minimum Gasteiger partial charge on any atom is -0.377 e. The van der Waals surface area contributed by atoms with Crippen molar-refractivity contribution in [2.24, 2.45) is 5.92 Å². The summed E-state index contributed by atoms with van der Waals surface area (Å²) in [6.45, 7) is 4.16. The molecule has 0 N–H and O–H groups in total. The smallest absolute Gasteiger partial charge is 0.166 e. The number of ketones is 1. The molecule has 1 unspecified atom stereocenters. The maximum Gasteiger partial charge on any atom is 0.166 e. The molecule has 16 heavy (non-hydrogen) atoms. The summed E-state index contributed by atoms with van der Waals surface area (Å²) < 4.78 is 0. The van der Waals surface area contributed by atoms with Crippen molar-refractivity contribution >= 4 is 11.5 Å². The molecule has 1 aliphatic rings. The van der Waals surface area contributed by atoms with E-state index in [9.17, 15) is 4.79 Å². The quantitative estimate of drug-likeness (QED) is 0.759. The second-order valence-electron chi connectivity index (χ2n) is 4.86. The lowest BCUT2D eigenvalue weighted by molar-refractivity contribution is 0.0934. The molecule has 0 fully saturated rings. The largest absolute Gasteiger partial charge is 0.377 e. The fraction of sp³-hybridized carbons (Fsp3) is 0.500. The van der Waals surface area contributed by atoms with Crippen LogP contribution in [0.4, 0.5) is 5.69 Å². The van der Waals surface area contributed by atoms with Gasteiger partial charge >= 0.3 is 0 Å². The van der Waals surface area contributed by atoms with Crippen LogP contribution < -0.4 is 4.90 Å². The molecule has 1 aromatic carbocycles. The van der Waals surface area contributed by atoms with Gasteiger partial charge in [0.25, 0.3) is 0 Å². The predicted molar refractivity (Wildman–Crippen MR) is 67.3 cm³/mol. The molecule has 2 nitrogen and oxygen atoms in total. The molecule has 1 aromatic rings. The van der Waals surface area contributed by atoms with Gasteiger partial charge in [0, 0.05) is 31.3 Å². The molecular weight excluding hydrogens is 198 g/mol. The maximum atomic E-state index is 12.0. The van der Waals surface area contributed by atoms with Crippen LogP contribution in [-0.4, -0.2) is 19.9 Å². The first kappa shape index (κ1) is 11.2. The minimum atomic E-state index is 0.215. The maximum absolute atomic E-state index is 12.0. The topological polar surface area (TPSA) is 20.3 Å². The van der Waals surface area contributed by atoms with Crippen molar-refractivity contribution in [1.29, 1.82) is 0 Å². The van der Waals surface area contributed by atoms with Crippen LogP contribution in [0.25, 0.3) is 0 Å². The Morgan fingerprint density at radius 1 is 1.38 bits per heavy atom. The van der Waals surface area contributed by atoms with Gasteiger partial charge in [-0.05, 0) is 43.0 Å². The van der Waals surface area contributed by atoms with Gasteiger partial charge in [0.15, 0.2) is 5.78 Å². The van der Waals surface area contributed by atoms with Crippen LogP contribution in [0, 0.1) is 12.8 Å². The summed E-state index contributed by atoms with van der Waals surface area (Å²) in [5.41, 5.74) is 4.60. The Hall–Kier alpha value is -1.31. The minimum absolute atomic E-state index is 0.215. The third kappa shape index (κ3) is 1.62. The molecular formula is C14H19NO. The number of fused-ring (bicyclic) bond motifs is 1. The van der Waals surface area contributed by atoms with Gasteiger partial charge < -0.3 is 4.90 Å². The highest BCUT2D eigenvalue weighted by Gasteiger charge is 2.29. The zero-order valence-electron chi connectivity index (χ0n) is 10.5. The Bertz CT molecular complexity index is 435. The van der Waals surface area contributed by atoms with E-state index in [-0.39, 0.29) is 5.92 Å². The van der Waals surface area contributed by atoms with Gasteiger partial charge in [-0.2, -0.15) is 0 Å². The van der Waals surface area contributed by atoms with Gasteiger partial charge in [0.05, 0.1) is 0 Å². The fourth-order valence-electron chi connectivity index (χ4n) is 2.53. The van der Waals surface area contributed by atoms with E-state index in [2.05, 4.69) is 30.9 Å². The second kappa shape index (κ2) is 3.93. The Kier molecular flexibility index (Phi) is 2.75. The van der Waals surface area contributed by atoms with Gasteiger partial charge in [-0.3, -0.25) is 4.79 Å². The number of hydrogen-bond acceptors (Lipinski definition) is 2. The summed E-state index contributed by atoms with van der Waals surface area (Å²) in [5, 5.41) is 0. The number of carbonyl (C=O) groups is 1. The standard InChI is InChI=1S/C14H19NO/c1-5-10-7-11-8-13(15(3)4)9(2)6-12(11)14(10)16/h6,8,10H,5,7H2,1-4H3. The first-order valence-electron chi connectivity index (χ1n) is 5.89.